The number of cyclic esters (lactones) is 1. The van der Waals surface area contributed by atoms with Crippen LogP contribution in [-0.4, -0.2) is 50.5 Å². The zero-order valence-electron chi connectivity index (χ0n) is 8.99. The molecule has 0 aromatic rings. The van der Waals surface area contributed by atoms with Crippen molar-refractivity contribution in [3.05, 3.63) is 0 Å². The fourth-order valence-electron chi connectivity index (χ4n) is 2.02. The topological polar surface area (TPSA) is 72.5 Å². The summed E-state index contributed by atoms with van der Waals surface area (Å²) in [5.74, 6) is -4.77. The summed E-state index contributed by atoms with van der Waals surface area (Å²) < 4.78 is 52.4. The molecule has 1 N–H and O–H groups in total. The quantitative estimate of drug-likeness (QED) is 0.713. The zero-order chi connectivity index (χ0) is 12.7. The smallest absolute Gasteiger partial charge is 0.377 e. The van der Waals surface area contributed by atoms with E-state index in [4.69, 9.17) is 0 Å². The van der Waals surface area contributed by atoms with Gasteiger partial charge in [0.15, 0.2) is 9.84 Å². The molecule has 0 spiro atoms. The summed E-state index contributed by atoms with van der Waals surface area (Å²) in [6, 6.07) is -0.229. The van der Waals surface area contributed by atoms with Gasteiger partial charge in [-0.1, -0.05) is 0 Å². The largest absolute Gasteiger partial charge is 0.456 e. The molecule has 0 saturated carbocycles. The summed E-state index contributed by atoms with van der Waals surface area (Å²) in [6.07, 6.45) is -1.04. The van der Waals surface area contributed by atoms with E-state index in [-0.39, 0.29) is 24.1 Å². The van der Waals surface area contributed by atoms with Gasteiger partial charge in [0.2, 0.25) is 0 Å². The van der Waals surface area contributed by atoms with Crippen molar-refractivity contribution in [3.63, 3.8) is 0 Å². The number of hydrogen-bond donors (Lipinski definition) is 1. The molecule has 2 saturated heterocycles. The van der Waals surface area contributed by atoms with Gasteiger partial charge in [-0.05, 0) is 6.42 Å². The third kappa shape index (κ3) is 2.92. The van der Waals surface area contributed by atoms with Crippen molar-refractivity contribution >= 4 is 15.8 Å². The maximum Gasteiger partial charge on any atom is 0.377 e. The molecule has 0 aliphatic carbocycles. The van der Waals surface area contributed by atoms with Crippen molar-refractivity contribution < 1.29 is 26.7 Å². The number of alkyl halides is 2. The second-order valence-corrected chi connectivity index (χ2v) is 6.67. The van der Waals surface area contributed by atoms with Gasteiger partial charge < -0.3 is 10.1 Å². The van der Waals surface area contributed by atoms with E-state index in [1.165, 1.54) is 0 Å². The van der Waals surface area contributed by atoms with Gasteiger partial charge in [0.25, 0.3) is 0 Å². The lowest BCUT2D eigenvalue weighted by Gasteiger charge is -2.13. The van der Waals surface area contributed by atoms with E-state index in [0.29, 0.717) is 6.42 Å². The minimum atomic E-state index is -3.41. The highest BCUT2D eigenvalue weighted by Crippen LogP contribution is 2.30. The molecule has 2 unspecified atom stereocenters. The molecule has 2 rings (SSSR count). The second-order valence-electron chi connectivity index (χ2n) is 4.44. The first-order valence-corrected chi connectivity index (χ1v) is 7.13. The second kappa shape index (κ2) is 4.16. The Morgan fingerprint density at radius 2 is 2.18 bits per heavy atom. The molecule has 5 nitrogen and oxygen atoms in total. The van der Waals surface area contributed by atoms with Crippen molar-refractivity contribution in [2.75, 3.05) is 18.1 Å². The van der Waals surface area contributed by atoms with Crippen LogP contribution in [0.1, 0.15) is 12.8 Å². The highest BCUT2D eigenvalue weighted by molar-refractivity contribution is 7.91. The molecule has 2 aliphatic heterocycles. The number of halogens is 2. The van der Waals surface area contributed by atoms with Crippen LogP contribution in [0.3, 0.4) is 0 Å². The van der Waals surface area contributed by atoms with Gasteiger partial charge in [-0.25, -0.2) is 13.2 Å². The molecule has 98 valence electrons. The average Bonchev–Trinajstić information content (AvgIpc) is 2.65. The maximum atomic E-state index is 12.8. The average molecular weight is 269 g/mol. The van der Waals surface area contributed by atoms with Gasteiger partial charge in [-0.3, -0.25) is 0 Å². The van der Waals surface area contributed by atoms with Gasteiger partial charge >= 0.3 is 11.9 Å². The molecule has 8 heteroatoms. The van der Waals surface area contributed by atoms with Crippen molar-refractivity contribution in [1.82, 2.24) is 5.32 Å². The number of rotatable bonds is 3. The summed E-state index contributed by atoms with van der Waals surface area (Å²) in [4.78, 5) is 10.7. The van der Waals surface area contributed by atoms with E-state index in [1.807, 2.05) is 0 Å². The molecular weight excluding hydrogens is 256 g/mol. The third-order valence-corrected chi connectivity index (χ3v) is 4.69. The molecule has 0 radical (unpaired) electrons. The van der Waals surface area contributed by atoms with Crippen LogP contribution < -0.4 is 5.32 Å². The normalized spacial score (nSPS) is 34.8. The molecule has 2 fully saturated rings. The first kappa shape index (κ1) is 12.7. The number of esters is 1. The number of carbonyl (C=O) groups is 1. The fraction of sp³-hybridized carbons (Fsp3) is 0.889. The Kier molecular flexibility index (Phi) is 3.11. The first-order valence-electron chi connectivity index (χ1n) is 5.31. The minimum Gasteiger partial charge on any atom is -0.456 e. The Morgan fingerprint density at radius 1 is 1.47 bits per heavy atom. The molecule has 2 atom stereocenters. The van der Waals surface area contributed by atoms with Crippen molar-refractivity contribution in [1.29, 1.82) is 0 Å². The van der Waals surface area contributed by atoms with Gasteiger partial charge in [0.05, 0.1) is 17.9 Å². The minimum absolute atomic E-state index is 0.0179. The lowest BCUT2D eigenvalue weighted by molar-refractivity contribution is -0.159. The molecular formula is C9H13F2NO4S. The van der Waals surface area contributed by atoms with Crippen LogP contribution >= 0.6 is 0 Å². The molecule has 0 bridgehead atoms. The van der Waals surface area contributed by atoms with E-state index >= 15 is 0 Å². The Balaban J connectivity index is 1.79. The Labute approximate surface area is 97.4 Å². The van der Waals surface area contributed by atoms with Gasteiger partial charge in [-0.2, -0.15) is 8.78 Å². The molecule has 0 aromatic carbocycles. The van der Waals surface area contributed by atoms with E-state index < -0.39 is 34.3 Å². The summed E-state index contributed by atoms with van der Waals surface area (Å²) in [6.45, 7) is 0.0709. The maximum absolute atomic E-state index is 12.8. The summed E-state index contributed by atoms with van der Waals surface area (Å²) >= 11 is 0. The Morgan fingerprint density at radius 3 is 2.65 bits per heavy atom. The number of hydrogen-bond acceptors (Lipinski definition) is 5. The lowest BCUT2D eigenvalue weighted by Crippen LogP contribution is -2.36. The van der Waals surface area contributed by atoms with Gasteiger partial charge in [-0.15, -0.1) is 0 Å². The number of ether oxygens (including phenoxy) is 1. The summed E-state index contributed by atoms with van der Waals surface area (Å²) in [5.41, 5.74) is 0. The predicted molar refractivity (Wildman–Crippen MR) is 54.5 cm³/mol. The summed E-state index contributed by atoms with van der Waals surface area (Å²) in [7, 11) is -2.99. The van der Waals surface area contributed by atoms with E-state index in [1.54, 1.807) is 0 Å². The van der Waals surface area contributed by atoms with E-state index in [9.17, 15) is 22.0 Å². The van der Waals surface area contributed by atoms with Crippen LogP contribution in [0.4, 0.5) is 8.78 Å². The lowest BCUT2D eigenvalue weighted by atomic mass is 10.2. The van der Waals surface area contributed by atoms with Crippen molar-refractivity contribution in [3.8, 4) is 0 Å². The molecule has 0 aromatic heterocycles. The van der Waals surface area contributed by atoms with Crippen LogP contribution in [0.15, 0.2) is 0 Å². The van der Waals surface area contributed by atoms with E-state index in [2.05, 4.69) is 10.1 Å². The Hall–Kier alpha value is -0.760. The highest BCUT2D eigenvalue weighted by atomic mass is 32.2. The monoisotopic (exact) mass is 269 g/mol. The van der Waals surface area contributed by atoms with Crippen LogP contribution in [-0.2, 0) is 19.4 Å². The molecule has 2 aliphatic rings. The Bertz CT molecular complexity index is 423. The molecule has 17 heavy (non-hydrogen) atoms. The van der Waals surface area contributed by atoms with Crippen LogP contribution in [0.5, 0.6) is 0 Å². The van der Waals surface area contributed by atoms with Crippen LogP contribution in [0.25, 0.3) is 0 Å². The molecule has 2 heterocycles. The zero-order valence-corrected chi connectivity index (χ0v) is 9.80. The van der Waals surface area contributed by atoms with Crippen LogP contribution in [0.2, 0.25) is 0 Å². The number of sulfone groups is 1. The fourth-order valence-corrected chi connectivity index (χ4v) is 3.72. The van der Waals surface area contributed by atoms with E-state index in [0.717, 1.165) is 0 Å². The van der Waals surface area contributed by atoms with Crippen molar-refractivity contribution in [2.45, 2.75) is 30.9 Å². The standard InChI is InChI=1S/C9H13F2NO4S/c10-9(11)3-7(16-8(9)13)4-12-6-1-2-17(14,15)5-6/h6-7,12H,1-5H2. The number of nitrogens with one attached hydrogen (secondary N) is 1. The molecule has 0 amide bonds. The first-order chi connectivity index (χ1) is 7.78. The van der Waals surface area contributed by atoms with Gasteiger partial charge in [0, 0.05) is 12.6 Å². The predicted octanol–water partition coefficient (Wildman–Crippen LogP) is -0.286. The van der Waals surface area contributed by atoms with Crippen molar-refractivity contribution in [2.24, 2.45) is 0 Å². The third-order valence-electron chi connectivity index (χ3n) is 2.92. The van der Waals surface area contributed by atoms with Gasteiger partial charge in [0.1, 0.15) is 6.10 Å². The summed E-state index contributed by atoms with van der Waals surface area (Å²) in [5, 5.41) is 2.85. The highest BCUT2D eigenvalue weighted by Gasteiger charge is 2.50. The SMILES string of the molecule is O=C1OC(CNC2CCS(=O)(=O)C2)CC1(F)F. The van der Waals surface area contributed by atoms with Crippen LogP contribution in [0, 0.1) is 0 Å². The number of carbonyl (C=O) groups excluding carboxylic acids is 1.